The number of carbonyl (C=O) groups excluding carboxylic acids is 1. The second-order valence-electron chi connectivity index (χ2n) is 7.43. The van der Waals surface area contributed by atoms with Gasteiger partial charge >= 0.3 is 0 Å². The van der Waals surface area contributed by atoms with Gasteiger partial charge < -0.3 is 14.6 Å². The van der Waals surface area contributed by atoms with E-state index < -0.39 is 0 Å². The SMILES string of the molecule is COc1ccccc1C(CNC(=O)c1ccc(-c2nc(C)no2)cc1)N1CCCC1. The number of aromatic nitrogens is 2. The number of nitrogens with zero attached hydrogens (tertiary/aromatic N) is 3. The molecule has 0 radical (unpaired) electrons. The first-order chi connectivity index (χ1) is 14.7. The van der Waals surface area contributed by atoms with Crippen LogP contribution in [0.2, 0.25) is 0 Å². The fourth-order valence-corrected chi connectivity index (χ4v) is 3.90. The lowest BCUT2D eigenvalue weighted by Gasteiger charge is -2.29. The Hall–Kier alpha value is -3.19. The van der Waals surface area contributed by atoms with E-state index in [9.17, 15) is 4.79 Å². The second kappa shape index (κ2) is 9.09. The van der Waals surface area contributed by atoms with Crippen LogP contribution >= 0.6 is 0 Å². The Morgan fingerprint density at radius 1 is 1.17 bits per heavy atom. The van der Waals surface area contributed by atoms with E-state index in [1.54, 1.807) is 26.2 Å². The number of carbonyl (C=O) groups is 1. The lowest BCUT2D eigenvalue weighted by molar-refractivity contribution is 0.0937. The van der Waals surface area contributed by atoms with Crippen molar-refractivity contribution in [2.24, 2.45) is 0 Å². The van der Waals surface area contributed by atoms with Crippen molar-refractivity contribution >= 4 is 5.91 Å². The highest BCUT2D eigenvalue weighted by Crippen LogP contribution is 2.31. The number of para-hydroxylation sites is 1. The third-order valence-electron chi connectivity index (χ3n) is 5.46. The number of likely N-dealkylation sites (tertiary alicyclic amines) is 1. The van der Waals surface area contributed by atoms with E-state index in [1.807, 2.05) is 30.3 Å². The Labute approximate surface area is 176 Å². The molecule has 1 saturated heterocycles. The predicted molar refractivity (Wildman–Crippen MR) is 113 cm³/mol. The Morgan fingerprint density at radius 2 is 1.90 bits per heavy atom. The van der Waals surface area contributed by atoms with Crippen LogP contribution in [0, 0.1) is 6.92 Å². The lowest BCUT2D eigenvalue weighted by Crippen LogP contribution is -2.37. The molecule has 1 atom stereocenters. The quantitative estimate of drug-likeness (QED) is 0.646. The highest BCUT2D eigenvalue weighted by atomic mass is 16.5. The molecule has 0 bridgehead atoms. The maximum atomic E-state index is 12.8. The maximum Gasteiger partial charge on any atom is 0.257 e. The number of benzene rings is 2. The standard InChI is InChI=1S/C23H26N4O3/c1-16-25-23(30-26-16)18-11-9-17(10-12-18)22(28)24-15-20(27-13-5-6-14-27)19-7-3-4-8-21(19)29-2/h3-4,7-12,20H,5-6,13-15H2,1-2H3,(H,24,28). The van der Waals surface area contributed by atoms with Crippen molar-refractivity contribution in [1.82, 2.24) is 20.4 Å². The Kier molecular flexibility index (Phi) is 6.09. The number of methoxy groups -OCH3 is 1. The number of rotatable bonds is 7. The number of hydrogen-bond acceptors (Lipinski definition) is 6. The van der Waals surface area contributed by atoms with Gasteiger partial charge in [0, 0.05) is 23.2 Å². The van der Waals surface area contributed by atoms with Crippen LogP contribution in [-0.4, -0.2) is 47.7 Å². The first kappa shape index (κ1) is 20.1. The van der Waals surface area contributed by atoms with Crippen LogP contribution in [0.3, 0.4) is 0 Å². The van der Waals surface area contributed by atoms with Gasteiger partial charge in [0.1, 0.15) is 5.75 Å². The van der Waals surface area contributed by atoms with E-state index in [1.165, 1.54) is 12.8 Å². The molecule has 7 heteroatoms. The molecule has 30 heavy (non-hydrogen) atoms. The zero-order chi connectivity index (χ0) is 20.9. The first-order valence-electron chi connectivity index (χ1n) is 10.2. The minimum absolute atomic E-state index is 0.0771. The molecule has 7 nitrogen and oxygen atoms in total. The third kappa shape index (κ3) is 4.36. The summed E-state index contributed by atoms with van der Waals surface area (Å²) in [5, 5.41) is 6.90. The number of aryl methyl sites for hydroxylation is 1. The summed E-state index contributed by atoms with van der Waals surface area (Å²) in [7, 11) is 1.69. The van der Waals surface area contributed by atoms with Crippen molar-refractivity contribution in [3.8, 4) is 17.2 Å². The molecule has 156 valence electrons. The van der Waals surface area contributed by atoms with Crippen LogP contribution in [0.25, 0.3) is 11.5 Å². The first-order valence-corrected chi connectivity index (χ1v) is 10.2. The average Bonchev–Trinajstić information content (AvgIpc) is 3.46. The summed E-state index contributed by atoms with van der Waals surface area (Å²) in [6.07, 6.45) is 2.35. The Bertz CT molecular complexity index is 994. The minimum Gasteiger partial charge on any atom is -0.496 e. The van der Waals surface area contributed by atoms with Gasteiger partial charge in [-0.15, -0.1) is 0 Å². The molecule has 1 unspecified atom stereocenters. The number of ether oxygens (including phenoxy) is 1. The van der Waals surface area contributed by atoms with E-state index in [0.29, 0.717) is 23.8 Å². The van der Waals surface area contributed by atoms with E-state index in [0.717, 1.165) is 30.0 Å². The summed E-state index contributed by atoms with van der Waals surface area (Å²) < 4.78 is 10.8. The van der Waals surface area contributed by atoms with Crippen molar-refractivity contribution in [2.45, 2.75) is 25.8 Å². The largest absolute Gasteiger partial charge is 0.496 e. The molecule has 1 aromatic heterocycles. The highest BCUT2D eigenvalue weighted by Gasteiger charge is 2.26. The van der Waals surface area contributed by atoms with Crippen molar-refractivity contribution in [3.05, 3.63) is 65.5 Å². The maximum absolute atomic E-state index is 12.8. The molecule has 1 N–H and O–H groups in total. The van der Waals surface area contributed by atoms with Gasteiger partial charge in [-0.3, -0.25) is 9.69 Å². The van der Waals surface area contributed by atoms with Crippen molar-refractivity contribution in [3.63, 3.8) is 0 Å². The molecular formula is C23H26N4O3. The van der Waals surface area contributed by atoms with E-state index in [2.05, 4.69) is 26.4 Å². The zero-order valence-corrected chi connectivity index (χ0v) is 17.3. The van der Waals surface area contributed by atoms with Gasteiger partial charge in [-0.2, -0.15) is 4.98 Å². The van der Waals surface area contributed by atoms with Crippen LogP contribution < -0.4 is 10.1 Å². The highest BCUT2D eigenvalue weighted by molar-refractivity contribution is 5.94. The Morgan fingerprint density at radius 3 is 2.57 bits per heavy atom. The molecule has 1 aliphatic rings. The molecule has 4 rings (SSSR count). The topological polar surface area (TPSA) is 80.5 Å². The molecule has 0 spiro atoms. The van der Waals surface area contributed by atoms with E-state index in [-0.39, 0.29) is 11.9 Å². The molecule has 2 heterocycles. The second-order valence-corrected chi connectivity index (χ2v) is 7.43. The predicted octanol–water partition coefficient (Wildman–Crippen LogP) is 3.62. The molecule has 1 amide bonds. The summed E-state index contributed by atoms with van der Waals surface area (Å²) in [6, 6.07) is 15.3. The van der Waals surface area contributed by atoms with Crippen molar-refractivity contribution < 1.29 is 14.1 Å². The van der Waals surface area contributed by atoms with Gasteiger partial charge in [0.15, 0.2) is 5.82 Å². The van der Waals surface area contributed by atoms with Gasteiger partial charge in [-0.1, -0.05) is 23.4 Å². The number of nitrogens with one attached hydrogen (secondary N) is 1. The van der Waals surface area contributed by atoms with Crippen LogP contribution in [0.4, 0.5) is 0 Å². The molecular weight excluding hydrogens is 380 g/mol. The van der Waals surface area contributed by atoms with Gasteiger partial charge in [-0.25, -0.2) is 0 Å². The number of amides is 1. The van der Waals surface area contributed by atoms with Gasteiger partial charge in [-0.05, 0) is 63.2 Å². The molecule has 0 saturated carbocycles. The van der Waals surface area contributed by atoms with Crippen LogP contribution in [-0.2, 0) is 0 Å². The smallest absolute Gasteiger partial charge is 0.257 e. The van der Waals surface area contributed by atoms with Crippen LogP contribution in [0.5, 0.6) is 5.75 Å². The summed E-state index contributed by atoms with van der Waals surface area (Å²) in [5.74, 6) is 1.77. The normalized spacial score (nSPS) is 15.1. The van der Waals surface area contributed by atoms with Gasteiger partial charge in [0.05, 0.1) is 13.2 Å². The van der Waals surface area contributed by atoms with Crippen molar-refractivity contribution in [2.75, 3.05) is 26.7 Å². The lowest BCUT2D eigenvalue weighted by atomic mass is 10.0. The van der Waals surface area contributed by atoms with E-state index >= 15 is 0 Å². The van der Waals surface area contributed by atoms with Gasteiger partial charge in [0.25, 0.3) is 11.8 Å². The summed E-state index contributed by atoms with van der Waals surface area (Å²) in [5.41, 5.74) is 2.48. The average molecular weight is 406 g/mol. The molecule has 2 aromatic carbocycles. The summed E-state index contributed by atoms with van der Waals surface area (Å²) in [4.78, 5) is 19.4. The third-order valence-corrected chi connectivity index (χ3v) is 5.46. The number of hydrogen-bond donors (Lipinski definition) is 1. The minimum atomic E-state index is -0.109. The van der Waals surface area contributed by atoms with Crippen LogP contribution in [0.15, 0.2) is 53.1 Å². The Balaban J connectivity index is 1.47. The molecule has 3 aromatic rings. The monoisotopic (exact) mass is 406 g/mol. The van der Waals surface area contributed by atoms with Gasteiger partial charge in [0.2, 0.25) is 0 Å². The zero-order valence-electron chi connectivity index (χ0n) is 17.3. The van der Waals surface area contributed by atoms with Crippen molar-refractivity contribution in [1.29, 1.82) is 0 Å². The van der Waals surface area contributed by atoms with Crippen LogP contribution in [0.1, 0.15) is 40.6 Å². The summed E-state index contributed by atoms with van der Waals surface area (Å²) in [6.45, 7) is 4.34. The fraction of sp³-hybridized carbons (Fsp3) is 0.348. The molecule has 0 aliphatic carbocycles. The fourth-order valence-electron chi connectivity index (χ4n) is 3.90. The molecule has 1 aliphatic heterocycles. The van der Waals surface area contributed by atoms with E-state index in [4.69, 9.17) is 9.26 Å². The molecule has 1 fully saturated rings. The summed E-state index contributed by atoms with van der Waals surface area (Å²) >= 11 is 0.